The minimum absolute atomic E-state index is 0.575. The SMILES string of the molecule is C/C=C\c1cc(-c2ncc(-c3cccc(Nc4cc(C)ccn4)n3)o2)ccc1C. The number of nitrogens with zero attached hydrogens (tertiary/aromatic N) is 3. The van der Waals surface area contributed by atoms with E-state index in [-0.39, 0.29) is 0 Å². The highest BCUT2D eigenvalue weighted by molar-refractivity contribution is 5.65. The first-order valence-corrected chi connectivity index (χ1v) is 9.49. The Labute approximate surface area is 170 Å². The largest absolute Gasteiger partial charge is 0.434 e. The predicted octanol–water partition coefficient (Wildman–Crippen LogP) is 6.19. The summed E-state index contributed by atoms with van der Waals surface area (Å²) in [5.41, 5.74) is 5.15. The zero-order valence-electron chi connectivity index (χ0n) is 16.7. The maximum absolute atomic E-state index is 6.01. The molecule has 0 unspecified atom stereocenters. The molecule has 144 valence electrons. The van der Waals surface area contributed by atoms with E-state index >= 15 is 0 Å². The van der Waals surface area contributed by atoms with Crippen molar-refractivity contribution in [1.82, 2.24) is 15.0 Å². The van der Waals surface area contributed by atoms with Crippen LogP contribution in [0.3, 0.4) is 0 Å². The number of aryl methyl sites for hydroxylation is 2. The van der Waals surface area contributed by atoms with Crippen molar-refractivity contribution in [3.63, 3.8) is 0 Å². The summed E-state index contributed by atoms with van der Waals surface area (Å²) in [7, 11) is 0. The van der Waals surface area contributed by atoms with Crippen molar-refractivity contribution in [2.75, 3.05) is 5.32 Å². The molecule has 0 aliphatic heterocycles. The van der Waals surface area contributed by atoms with Gasteiger partial charge in [-0.25, -0.2) is 15.0 Å². The normalized spacial score (nSPS) is 11.1. The summed E-state index contributed by atoms with van der Waals surface area (Å²) < 4.78 is 6.01. The van der Waals surface area contributed by atoms with E-state index in [1.807, 2.05) is 56.3 Å². The van der Waals surface area contributed by atoms with Crippen LogP contribution in [0.2, 0.25) is 0 Å². The van der Waals surface area contributed by atoms with Gasteiger partial charge in [-0.1, -0.05) is 24.3 Å². The molecular weight excluding hydrogens is 360 g/mol. The molecule has 5 heteroatoms. The molecule has 0 aliphatic rings. The molecule has 3 aromatic heterocycles. The lowest BCUT2D eigenvalue weighted by Crippen LogP contribution is -1.96. The van der Waals surface area contributed by atoms with E-state index in [4.69, 9.17) is 4.42 Å². The van der Waals surface area contributed by atoms with Crippen molar-refractivity contribution in [2.24, 2.45) is 0 Å². The third-order valence-electron chi connectivity index (χ3n) is 4.55. The van der Waals surface area contributed by atoms with Crippen LogP contribution in [0.1, 0.15) is 23.6 Å². The number of allylic oxidation sites excluding steroid dienone is 1. The number of rotatable bonds is 5. The summed E-state index contributed by atoms with van der Waals surface area (Å²) in [6.45, 7) is 6.12. The van der Waals surface area contributed by atoms with Gasteiger partial charge < -0.3 is 9.73 Å². The molecule has 4 rings (SSSR count). The summed E-state index contributed by atoms with van der Waals surface area (Å²) >= 11 is 0. The van der Waals surface area contributed by atoms with Crippen molar-refractivity contribution >= 4 is 17.7 Å². The fraction of sp³-hybridized carbons (Fsp3) is 0.125. The van der Waals surface area contributed by atoms with Crippen molar-refractivity contribution in [2.45, 2.75) is 20.8 Å². The molecular formula is C24H22N4O. The van der Waals surface area contributed by atoms with Gasteiger partial charge >= 0.3 is 0 Å². The Morgan fingerprint density at radius 1 is 0.966 bits per heavy atom. The molecule has 5 nitrogen and oxygen atoms in total. The number of pyridine rings is 2. The average Bonchev–Trinajstić information content (AvgIpc) is 3.20. The van der Waals surface area contributed by atoms with Crippen LogP contribution in [0.15, 0.2) is 71.4 Å². The maximum atomic E-state index is 6.01. The topological polar surface area (TPSA) is 63.8 Å². The summed E-state index contributed by atoms with van der Waals surface area (Å²) in [5.74, 6) is 2.65. The molecule has 0 bridgehead atoms. The monoisotopic (exact) mass is 382 g/mol. The van der Waals surface area contributed by atoms with Gasteiger partial charge in [-0.2, -0.15) is 0 Å². The summed E-state index contributed by atoms with van der Waals surface area (Å²) in [4.78, 5) is 13.4. The van der Waals surface area contributed by atoms with Crippen LogP contribution in [-0.4, -0.2) is 15.0 Å². The third-order valence-corrected chi connectivity index (χ3v) is 4.55. The van der Waals surface area contributed by atoms with Gasteiger partial charge in [-0.05, 0) is 73.9 Å². The van der Waals surface area contributed by atoms with Gasteiger partial charge in [0.2, 0.25) is 5.89 Å². The summed E-state index contributed by atoms with van der Waals surface area (Å²) in [6.07, 6.45) is 7.59. The Balaban J connectivity index is 1.61. The molecule has 0 spiro atoms. The second-order valence-corrected chi connectivity index (χ2v) is 6.85. The van der Waals surface area contributed by atoms with Crippen LogP contribution >= 0.6 is 0 Å². The minimum Gasteiger partial charge on any atom is -0.434 e. The van der Waals surface area contributed by atoms with Gasteiger partial charge in [0.05, 0.1) is 6.20 Å². The molecule has 0 aliphatic carbocycles. The number of nitrogens with one attached hydrogen (secondary N) is 1. The van der Waals surface area contributed by atoms with E-state index < -0.39 is 0 Å². The van der Waals surface area contributed by atoms with Crippen molar-refractivity contribution in [1.29, 1.82) is 0 Å². The van der Waals surface area contributed by atoms with Gasteiger partial charge in [0, 0.05) is 11.8 Å². The number of anilines is 2. The molecule has 29 heavy (non-hydrogen) atoms. The number of hydrogen-bond donors (Lipinski definition) is 1. The van der Waals surface area contributed by atoms with Crippen molar-refractivity contribution in [3.05, 3.63) is 83.7 Å². The maximum Gasteiger partial charge on any atom is 0.226 e. The lowest BCUT2D eigenvalue weighted by Gasteiger charge is -2.06. The minimum atomic E-state index is 0.575. The molecule has 0 saturated heterocycles. The summed E-state index contributed by atoms with van der Waals surface area (Å²) in [5, 5.41) is 3.23. The van der Waals surface area contributed by atoms with Crippen molar-refractivity contribution in [3.8, 4) is 22.9 Å². The van der Waals surface area contributed by atoms with E-state index in [0.29, 0.717) is 23.2 Å². The number of aromatic nitrogens is 3. The van der Waals surface area contributed by atoms with E-state index in [0.717, 1.165) is 22.5 Å². The Bertz CT molecular complexity index is 1180. The van der Waals surface area contributed by atoms with E-state index in [9.17, 15) is 0 Å². The molecule has 0 radical (unpaired) electrons. The highest BCUT2D eigenvalue weighted by Gasteiger charge is 2.11. The Kier molecular flexibility index (Phi) is 5.20. The van der Waals surface area contributed by atoms with Crippen LogP contribution in [0.25, 0.3) is 29.0 Å². The standard InChI is InChI=1S/C24H22N4O/c1-4-6-18-14-19(10-9-17(18)3)24-26-15-21(29-24)20-7-5-8-22(27-20)28-23-13-16(2)11-12-25-23/h4-15H,1-3H3,(H,25,27,28)/b6-4-. The van der Waals surface area contributed by atoms with Crippen LogP contribution in [0, 0.1) is 13.8 Å². The average molecular weight is 382 g/mol. The first kappa shape index (κ1) is 18.6. The van der Waals surface area contributed by atoms with Gasteiger partial charge in [0.25, 0.3) is 0 Å². The fourth-order valence-electron chi connectivity index (χ4n) is 3.04. The Morgan fingerprint density at radius 3 is 2.69 bits per heavy atom. The lowest BCUT2D eigenvalue weighted by atomic mass is 10.0. The molecule has 1 N–H and O–H groups in total. The molecule has 0 fully saturated rings. The quantitative estimate of drug-likeness (QED) is 0.446. The highest BCUT2D eigenvalue weighted by Crippen LogP contribution is 2.28. The van der Waals surface area contributed by atoms with Crippen LogP contribution < -0.4 is 5.32 Å². The van der Waals surface area contributed by atoms with E-state index in [1.165, 1.54) is 5.56 Å². The van der Waals surface area contributed by atoms with Crippen LogP contribution in [0.5, 0.6) is 0 Å². The molecule has 0 saturated carbocycles. The third kappa shape index (κ3) is 4.24. The zero-order valence-corrected chi connectivity index (χ0v) is 16.7. The molecule has 0 amide bonds. The molecule has 0 atom stereocenters. The van der Waals surface area contributed by atoms with E-state index in [1.54, 1.807) is 12.4 Å². The first-order chi connectivity index (χ1) is 14.1. The van der Waals surface area contributed by atoms with Gasteiger partial charge in [0.15, 0.2) is 5.76 Å². The second-order valence-electron chi connectivity index (χ2n) is 6.85. The number of oxazole rings is 1. The Morgan fingerprint density at radius 2 is 1.86 bits per heavy atom. The molecule has 1 aromatic carbocycles. The second kappa shape index (κ2) is 8.10. The van der Waals surface area contributed by atoms with Crippen LogP contribution in [-0.2, 0) is 0 Å². The lowest BCUT2D eigenvalue weighted by molar-refractivity contribution is 0.586. The fourth-order valence-corrected chi connectivity index (χ4v) is 3.04. The van der Waals surface area contributed by atoms with Gasteiger partial charge in [0.1, 0.15) is 17.3 Å². The van der Waals surface area contributed by atoms with Crippen molar-refractivity contribution < 1.29 is 4.42 Å². The zero-order chi connectivity index (χ0) is 20.2. The van der Waals surface area contributed by atoms with Gasteiger partial charge in [-0.15, -0.1) is 0 Å². The first-order valence-electron chi connectivity index (χ1n) is 9.49. The molecule has 3 heterocycles. The number of hydrogen-bond acceptors (Lipinski definition) is 5. The summed E-state index contributed by atoms with van der Waals surface area (Å²) in [6, 6.07) is 15.8. The number of benzene rings is 1. The highest BCUT2D eigenvalue weighted by atomic mass is 16.4. The smallest absolute Gasteiger partial charge is 0.226 e. The van der Waals surface area contributed by atoms with E-state index in [2.05, 4.69) is 45.4 Å². The Hall–Kier alpha value is -3.73. The van der Waals surface area contributed by atoms with Crippen LogP contribution in [0.4, 0.5) is 11.6 Å². The molecule has 4 aromatic rings. The predicted molar refractivity (Wildman–Crippen MR) is 117 cm³/mol. The van der Waals surface area contributed by atoms with Gasteiger partial charge in [-0.3, -0.25) is 0 Å².